The molecule has 1 aromatic heterocycles. The van der Waals surface area contributed by atoms with Crippen LogP contribution >= 0.6 is 0 Å². The summed E-state index contributed by atoms with van der Waals surface area (Å²) in [6.45, 7) is 8.77. The van der Waals surface area contributed by atoms with Crippen LogP contribution in [-0.2, 0) is 6.54 Å². The van der Waals surface area contributed by atoms with Crippen molar-refractivity contribution in [3.05, 3.63) is 23.7 Å². The lowest BCUT2D eigenvalue weighted by Crippen LogP contribution is -2.38. The van der Waals surface area contributed by atoms with Gasteiger partial charge in [0.25, 0.3) is 0 Å². The average molecular weight is 278 g/mol. The fourth-order valence-corrected chi connectivity index (χ4v) is 2.88. The predicted octanol–water partition coefficient (Wildman–Crippen LogP) is 3.47. The number of hydrogen-bond acceptors (Lipinski definition) is 3. The molecule has 1 aliphatic carbocycles. The third-order valence-corrected chi connectivity index (χ3v) is 4.06. The first-order valence-electron chi connectivity index (χ1n) is 7.92. The Morgan fingerprint density at radius 2 is 2.05 bits per heavy atom. The molecule has 1 saturated carbocycles. The molecular formula is C17H30N2O. The zero-order valence-electron chi connectivity index (χ0n) is 13.6. The monoisotopic (exact) mass is 278 g/mol. The largest absolute Gasteiger partial charge is 0.464 e. The van der Waals surface area contributed by atoms with Gasteiger partial charge in [0.1, 0.15) is 11.5 Å². The molecule has 0 amide bonds. The smallest absolute Gasteiger partial charge is 0.117 e. The Hall–Kier alpha value is -0.800. The van der Waals surface area contributed by atoms with Crippen molar-refractivity contribution >= 4 is 0 Å². The Morgan fingerprint density at radius 1 is 1.35 bits per heavy atom. The second-order valence-corrected chi connectivity index (χ2v) is 7.09. The number of nitrogens with zero attached hydrogens (tertiary/aromatic N) is 1. The van der Waals surface area contributed by atoms with Gasteiger partial charge in [-0.1, -0.05) is 20.8 Å². The molecule has 3 unspecified atom stereocenters. The number of likely N-dealkylation sites (N-methyl/N-ethyl adjacent to an activating group) is 1. The van der Waals surface area contributed by atoms with Crippen LogP contribution in [0.4, 0.5) is 0 Å². The van der Waals surface area contributed by atoms with Gasteiger partial charge >= 0.3 is 0 Å². The molecule has 0 aliphatic heterocycles. The number of hydrogen-bond donors (Lipinski definition) is 1. The Labute approximate surface area is 123 Å². The zero-order valence-corrected chi connectivity index (χ0v) is 13.6. The normalized spacial score (nSPS) is 23.6. The molecular weight excluding hydrogens is 248 g/mol. The standard InChI is InChI=1S/C17H30N2O/c1-12(2)8-14(11-19(4)5)18-10-15-6-7-17(20-15)16-9-13(16)3/h6-7,12-14,16,18H,8-11H2,1-5H3. The van der Waals surface area contributed by atoms with Crippen LogP contribution in [0, 0.1) is 11.8 Å². The van der Waals surface area contributed by atoms with Gasteiger partial charge in [-0.2, -0.15) is 0 Å². The lowest BCUT2D eigenvalue weighted by atomic mass is 10.0. The lowest BCUT2D eigenvalue weighted by Gasteiger charge is -2.23. The van der Waals surface area contributed by atoms with Crippen LogP contribution in [0.2, 0.25) is 0 Å². The van der Waals surface area contributed by atoms with Crippen LogP contribution in [0.15, 0.2) is 16.5 Å². The van der Waals surface area contributed by atoms with Gasteiger partial charge in [-0.15, -0.1) is 0 Å². The molecule has 0 bridgehead atoms. The predicted molar refractivity (Wildman–Crippen MR) is 83.9 cm³/mol. The molecule has 3 heteroatoms. The van der Waals surface area contributed by atoms with E-state index < -0.39 is 0 Å². The maximum Gasteiger partial charge on any atom is 0.117 e. The third kappa shape index (κ3) is 4.64. The molecule has 3 nitrogen and oxygen atoms in total. The van der Waals surface area contributed by atoms with E-state index in [1.54, 1.807) is 0 Å². The minimum absolute atomic E-state index is 0.526. The van der Waals surface area contributed by atoms with E-state index in [4.69, 9.17) is 4.42 Å². The first-order valence-corrected chi connectivity index (χ1v) is 7.92. The molecule has 2 rings (SSSR count). The van der Waals surface area contributed by atoms with Gasteiger partial charge in [0.05, 0.1) is 6.54 Å². The molecule has 0 spiro atoms. The highest BCUT2D eigenvalue weighted by Crippen LogP contribution is 2.47. The molecule has 0 saturated heterocycles. The fourth-order valence-electron chi connectivity index (χ4n) is 2.88. The molecule has 20 heavy (non-hydrogen) atoms. The molecule has 1 heterocycles. The van der Waals surface area contributed by atoms with Crippen molar-refractivity contribution in [3.8, 4) is 0 Å². The number of furan rings is 1. The highest BCUT2D eigenvalue weighted by atomic mass is 16.3. The van der Waals surface area contributed by atoms with Gasteiger partial charge in [0.2, 0.25) is 0 Å². The van der Waals surface area contributed by atoms with Crippen molar-refractivity contribution in [2.75, 3.05) is 20.6 Å². The number of rotatable bonds is 8. The van der Waals surface area contributed by atoms with E-state index in [0.29, 0.717) is 17.9 Å². The summed E-state index contributed by atoms with van der Waals surface area (Å²) in [6.07, 6.45) is 2.49. The Balaban J connectivity index is 1.83. The van der Waals surface area contributed by atoms with E-state index in [0.717, 1.165) is 24.8 Å². The molecule has 3 atom stereocenters. The molecule has 1 N–H and O–H groups in total. The summed E-state index contributed by atoms with van der Waals surface area (Å²) >= 11 is 0. The topological polar surface area (TPSA) is 28.4 Å². The minimum Gasteiger partial charge on any atom is -0.464 e. The summed E-state index contributed by atoms with van der Waals surface area (Å²) in [6, 6.07) is 4.82. The van der Waals surface area contributed by atoms with Gasteiger partial charge in [0.15, 0.2) is 0 Å². The minimum atomic E-state index is 0.526. The molecule has 1 aliphatic rings. The first-order chi connectivity index (χ1) is 9.45. The van der Waals surface area contributed by atoms with E-state index in [-0.39, 0.29) is 0 Å². The second kappa shape index (κ2) is 6.77. The van der Waals surface area contributed by atoms with Crippen LogP contribution in [0.1, 0.15) is 51.1 Å². The van der Waals surface area contributed by atoms with Crippen molar-refractivity contribution < 1.29 is 4.42 Å². The van der Waals surface area contributed by atoms with E-state index in [1.807, 2.05) is 0 Å². The van der Waals surface area contributed by atoms with Gasteiger partial charge < -0.3 is 14.6 Å². The van der Waals surface area contributed by atoms with Crippen molar-refractivity contribution in [2.24, 2.45) is 11.8 Å². The van der Waals surface area contributed by atoms with E-state index in [1.165, 1.54) is 18.6 Å². The van der Waals surface area contributed by atoms with Gasteiger partial charge in [0, 0.05) is 18.5 Å². The van der Waals surface area contributed by atoms with Crippen LogP contribution in [0.3, 0.4) is 0 Å². The van der Waals surface area contributed by atoms with Crippen LogP contribution in [0.25, 0.3) is 0 Å². The van der Waals surface area contributed by atoms with Gasteiger partial charge in [-0.3, -0.25) is 0 Å². The fraction of sp³-hybridized carbons (Fsp3) is 0.765. The molecule has 0 radical (unpaired) electrons. The molecule has 0 aromatic carbocycles. The quantitative estimate of drug-likeness (QED) is 0.789. The summed E-state index contributed by atoms with van der Waals surface area (Å²) in [5.74, 6) is 4.46. The van der Waals surface area contributed by atoms with Crippen molar-refractivity contribution in [1.82, 2.24) is 10.2 Å². The van der Waals surface area contributed by atoms with Gasteiger partial charge in [-0.05, 0) is 50.9 Å². The highest BCUT2D eigenvalue weighted by molar-refractivity contribution is 5.17. The summed E-state index contributed by atoms with van der Waals surface area (Å²) in [4.78, 5) is 2.25. The summed E-state index contributed by atoms with van der Waals surface area (Å²) in [5.41, 5.74) is 0. The van der Waals surface area contributed by atoms with Crippen molar-refractivity contribution in [1.29, 1.82) is 0 Å². The van der Waals surface area contributed by atoms with Gasteiger partial charge in [-0.25, -0.2) is 0 Å². The van der Waals surface area contributed by atoms with E-state index in [9.17, 15) is 0 Å². The Morgan fingerprint density at radius 3 is 2.60 bits per heavy atom. The molecule has 1 fully saturated rings. The maximum atomic E-state index is 5.96. The highest BCUT2D eigenvalue weighted by Gasteiger charge is 2.36. The van der Waals surface area contributed by atoms with Crippen molar-refractivity contribution in [2.45, 2.75) is 52.1 Å². The van der Waals surface area contributed by atoms with E-state index in [2.05, 4.69) is 57.2 Å². The average Bonchev–Trinajstić information content (AvgIpc) is 2.89. The van der Waals surface area contributed by atoms with Crippen LogP contribution < -0.4 is 5.32 Å². The summed E-state index contributed by atoms with van der Waals surface area (Å²) in [5, 5.41) is 3.65. The Kier molecular flexibility index (Phi) is 5.28. The maximum absolute atomic E-state index is 5.96. The lowest BCUT2D eigenvalue weighted by molar-refractivity contribution is 0.297. The Bertz CT molecular complexity index is 401. The number of nitrogens with one attached hydrogen (secondary N) is 1. The molecule has 114 valence electrons. The zero-order chi connectivity index (χ0) is 14.7. The third-order valence-electron chi connectivity index (χ3n) is 4.06. The summed E-state index contributed by atoms with van der Waals surface area (Å²) < 4.78 is 5.96. The summed E-state index contributed by atoms with van der Waals surface area (Å²) in [7, 11) is 4.27. The van der Waals surface area contributed by atoms with E-state index >= 15 is 0 Å². The van der Waals surface area contributed by atoms with Crippen LogP contribution in [-0.4, -0.2) is 31.6 Å². The second-order valence-electron chi connectivity index (χ2n) is 7.09. The SMILES string of the molecule is CC(C)CC(CN(C)C)NCc1ccc(C2CC2C)o1. The van der Waals surface area contributed by atoms with Crippen molar-refractivity contribution in [3.63, 3.8) is 0 Å². The van der Waals surface area contributed by atoms with Crippen LogP contribution in [0.5, 0.6) is 0 Å². The first kappa shape index (κ1) is 15.6. The molecule has 1 aromatic rings.